The van der Waals surface area contributed by atoms with Gasteiger partial charge < -0.3 is 15.0 Å². The molecule has 0 fully saturated rings. The Morgan fingerprint density at radius 1 is 1.24 bits per heavy atom. The average molecular weight is 531 g/mol. The highest BCUT2D eigenvalue weighted by Crippen LogP contribution is 2.44. The summed E-state index contributed by atoms with van der Waals surface area (Å²) in [7, 11) is 2.01. The van der Waals surface area contributed by atoms with E-state index < -0.39 is 18.0 Å². The highest BCUT2D eigenvalue weighted by Gasteiger charge is 2.33. The van der Waals surface area contributed by atoms with E-state index in [1.165, 1.54) is 16.2 Å². The minimum Gasteiger partial charge on any atom is -0.449 e. The second-order valence-electron chi connectivity index (χ2n) is 11.6. The molecule has 5 rings (SSSR count). The third-order valence-electron chi connectivity index (χ3n) is 7.93. The number of aromatic nitrogens is 1. The van der Waals surface area contributed by atoms with Gasteiger partial charge in [-0.25, -0.2) is 4.79 Å². The predicted molar refractivity (Wildman–Crippen MR) is 149 cm³/mol. The third-order valence-corrected chi connectivity index (χ3v) is 9.10. The monoisotopic (exact) mass is 530 g/mol. The van der Waals surface area contributed by atoms with E-state index in [-0.39, 0.29) is 5.41 Å². The highest BCUT2D eigenvalue weighted by atomic mass is 32.1. The van der Waals surface area contributed by atoms with Crippen LogP contribution in [0.15, 0.2) is 24.3 Å². The van der Waals surface area contributed by atoms with Gasteiger partial charge in [0, 0.05) is 41.0 Å². The van der Waals surface area contributed by atoms with E-state index in [4.69, 9.17) is 9.72 Å². The van der Waals surface area contributed by atoms with Gasteiger partial charge in [-0.2, -0.15) is 5.26 Å². The Labute approximate surface area is 227 Å². The number of amides is 1. The maximum atomic E-state index is 13.5. The summed E-state index contributed by atoms with van der Waals surface area (Å²) in [4.78, 5) is 34.8. The lowest BCUT2D eigenvalue weighted by Gasteiger charge is -2.33. The molecule has 1 aliphatic heterocycles. The fourth-order valence-electron chi connectivity index (χ4n) is 5.58. The molecule has 1 N–H and O–H groups in total. The number of fused-ring (bicyclic) bond motifs is 3. The number of hydrogen-bond acceptors (Lipinski definition) is 7. The highest BCUT2D eigenvalue weighted by molar-refractivity contribution is 7.16. The van der Waals surface area contributed by atoms with Crippen molar-refractivity contribution in [3.63, 3.8) is 0 Å². The van der Waals surface area contributed by atoms with E-state index in [0.717, 1.165) is 60.0 Å². The second-order valence-corrected chi connectivity index (χ2v) is 12.7. The molecule has 3 heterocycles. The van der Waals surface area contributed by atoms with E-state index in [2.05, 4.69) is 37.1 Å². The van der Waals surface area contributed by atoms with Crippen molar-refractivity contribution in [2.24, 2.45) is 11.3 Å². The number of likely N-dealkylation sites (N-methyl/N-ethyl adjacent to an activating group) is 1. The van der Waals surface area contributed by atoms with Gasteiger partial charge >= 0.3 is 5.97 Å². The van der Waals surface area contributed by atoms with Crippen molar-refractivity contribution in [2.75, 3.05) is 18.9 Å². The standard InChI is InChI=1S/C30H34N4O3S/c1-17(27(35)33-28-21(15-31)19-11-10-18(30(2,3)4)14-25(19)38-28)37-29(36)26-20-8-6-7-9-23(20)32-24-12-13-34(5)16-22(24)26/h6-9,17-18H,10-14,16H2,1-5H3,(H,33,35). The molecule has 2 atom stereocenters. The molecule has 7 nitrogen and oxygen atoms in total. The zero-order valence-corrected chi connectivity index (χ0v) is 23.5. The first-order chi connectivity index (χ1) is 18.1. The Kier molecular flexibility index (Phi) is 7.01. The van der Waals surface area contributed by atoms with Crippen LogP contribution in [0.5, 0.6) is 0 Å². The fraction of sp³-hybridized carbons (Fsp3) is 0.467. The number of carbonyl (C=O) groups is 2. The Hall–Kier alpha value is -3.28. The van der Waals surface area contributed by atoms with E-state index >= 15 is 0 Å². The number of pyridine rings is 1. The lowest BCUT2D eigenvalue weighted by Crippen LogP contribution is -2.32. The molecule has 0 spiro atoms. The van der Waals surface area contributed by atoms with Crippen molar-refractivity contribution in [1.82, 2.24) is 9.88 Å². The number of benzene rings is 1. The van der Waals surface area contributed by atoms with Crippen LogP contribution in [-0.2, 0) is 35.3 Å². The summed E-state index contributed by atoms with van der Waals surface area (Å²) in [5, 5.41) is 14.1. The molecule has 8 heteroatoms. The maximum Gasteiger partial charge on any atom is 0.339 e. The van der Waals surface area contributed by atoms with Gasteiger partial charge in [0.25, 0.3) is 5.91 Å². The molecular formula is C30H34N4O3S. The van der Waals surface area contributed by atoms with Crippen molar-refractivity contribution in [3.8, 4) is 6.07 Å². The first-order valence-electron chi connectivity index (χ1n) is 13.2. The van der Waals surface area contributed by atoms with E-state index in [0.29, 0.717) is 28.6 Å². The summed E-state index contributed by atoms with van der Waals surface area (Å²) in [5.74, 6) is -0.439. The molecule has 2 unspecified atom stereocenters. The van der Waals surface area contributed by atoms with E-state index in [1.807, 2.05) is 31.3 Å². The van der Waals surface area contributed by atoms with Gasteiger partial charge in [-0.15, -0.1) is 11.3 Å². The Morgan fingerprint density at radius 2 is 2.00 bits per heavy atom. The molecule has 0 radical (unpaired) electrons. The summed E-state index contributed by atoms with van der Waals surface area (Å²) >= 11 is 1.48. The van der Waals surface area contributed by atoms with E-state index in [9.17, 15) is 14.9 Å². The normalized spacial score (nSPS) is 18.3. The van der Waals surface area contributed by atoms with Crippen LogP contribution in [0.1, 0.15) is 71.7 Å². The Morgan fingerprint density at radius 3 is 2.74 bits per heavy atom. The van der Waals surface area contributed by atoms with Gasteiger partial charge in [-0.3, -0.25) is 9.78 Å². The molecule has 0 saturated heterocycles. The van der Waals surface area contributed by atoms with Crippen molar-refractivity contribution in [2.45, 2.75) is 66.0 Å². The van der Waals surface area contributed by atoms with Gasteiger partial charge in [0.15, 0.2) is 6.10 Å². The molecule has 0 bridgehead atoms. The van der Waals surface area contributed by atoms with Crippen LogP contribution in [0.25, 0.3) is 10.9 Å². The predicted octanol–water partition coefficient (Wildman–Crippen LogP) is 5.49. The van der Waals surface area contributed by atoms with Crippen molar-refractivity contribution in [1.29, 1.82) is 5.26 Å². The smallest absolute Gasteiger partial charge is 0.339 e. The molecule has 2 aromatic heterocycles. The number of nitrogens with one attached hydrogen (secondary N) is 1. The number of ether oxygens (including phenoxy) is 1. The van der Waals surface area contributed by atoms with Gasteiger partial charge in [0.05, 0.1) is 16.6 Å². The number of hydrogen-bond donors (Lipinski definition) is 1. The Balaban J connectivity index is 1.37. The zero-order chi connectivity index (χ0) is 27.2. The summed E-state index contributed by atoms with van der Waals surface area (Å²) in [5.41, 5.74) is 4.78. The number of nitrogens with zero attached hydrogens (tertiary/aromatic N) is 3. The van der Waals surface area contributed by atoms with Crippen LogP contribution < -0.4 is 5.32 Å². The lowest BCUT2D eigenvalue weighted by atomic mass is 9.72. The second kappa shape index (κ2) is 10.1. The molecule has 1 amide bonds. The van der Waals surface area contributed by atoms with Gasteiger partial charge in [0.1, 0.15) is 11.1 Å². The van der Waals surface area contributed by atoms with Crippen LogP contribution in [0.4, 0.5) is 5.00 Å². The fourth-order valence-corrected chi connectivity index (χ4v) is 6.86. The molecule has 2 aliphatic rings. The number of nitriles is 1. The lowest BCUT2D eigenvalue weighted by molar-refractivity contribution is -0.123. The molecule has 0 saturated carbocycles. The first-order valence-corrected chi connectivity index (χ1v) is 14.0. The van der Waals surface area contributed by atoms with E-state index in [1.54, 1.807) is 6.92 Å². The summed E-state index contributed by atoms with van der Waals surface area (Å²) in [6.07, 6.45) is 2.50. The zero-order valence-electron chi connectivity index (χ0n) is 22.7. The largest absolute Gasteiger partial charge is 0.449 e. The van der Waals surface area contributed by atoms with Crippen molar-refractivity contribution < 1.29 is 14.3 Å². The summed E-state index contributed by atoms with van der Waals surface area (Å²) in [6, 6.07) is 9.85. The minimum absolute atomic E-state index is 0.186. The SMILES string of the molecule is CC(OC(=O)c1c2c(nc3ccccc13)CCN(C)C2)C(=O)Nc1sc2c(c1C#N)CCC(C(C)(C)C)C2. The third kappa shape index (κ3) is 4.93. The van der Waals surface area contributed by atoms with Crippen LogP contribution >= 0.6 is 11.3 Å². The number of para-hydroxylation sites is 1. The topological polar surface area (TPSA) is 95.3 Å². The summed E-state index contributed by atoms with van der Waals surface area (Å²) < 4.78 is 5.74. The molecule has 3 aromatic rings. The van der Waals surface area contributed by atoms with Crippen LogP contribution in [0.2, 0.25) is 0 Å². The maximum absolute atomic E-state index is 13.5. The molecular weight excluding hydrogens is 496 g/mol. The number of rotatable bonds is 4. The molecule has 1 aromatic carbocycles. The molecule has 1 aliphatic carbocycles. The minimum atomic E-state index is -1.03. The molecule has 198 valence electrons. The van der Waals surface area contributed by atoms with Gasteiger partial charge in [0.2, 0.25) is 0 Å². The van der Waals surface area contributed by atoms with Gasteiger partial charge in [-0.05, 0) is 56.2 Å². The first kappa shape index (κ1) is 26.3. The summed E-state index contributed by atoms with van der Waals surface area (Å²) in [6.45, 7) is 9.79. The van der Waals surface area contributed by atoms with Crippen LogP contribution in [0.3, 0.4) is 0 Å². The number of carbonyl (C=O) groups excluding carboxylic acids is 2. The van der Waals surface area contributed by atoms with Crippen molar-refractivity contribution in [3.05, 3.63) is 57.1 Å². The van der Waals surface area contributed by atoms with Gasteiger partial charge in [-0.1, -0.05) is 39.0 Å². The quantitative estimate of drug-likeness (QED) is 0.448. The van der Waals surface area contributed by atoms with Crippen LogP contribution in [-0.4, -0.2) is 41.5 Å². The number of anilines is 1. The molecule has 38 heavy (non-hydrogen) atoms. The number of thiophene rings is 1. The van der Waals surface area contributed by atoms with Crippen LogP contribution in [0, 0.1) is 22.7 Å². The average Bonchev–Trinajstić information content (AvgIpc) is 3.22. The van der Waals surface area contributed by atoms with Crippen molar-refractivity contribution >= 4 is 39.1 Å². The number of esters is 1. The Bertz CT molecular complexity index is 1460.